The Morgan fingerprint density at radius 3 is 2.24 bits per heavy atom. The van der Waals surface area contributed by atoms with Gasteiger partial charge in [-0.25, -0.2) is 18.7 Å². The molecule has 1 N–H and O–H groups in total. The molecule has 174 valence electrons. The van der Waals surface area contributed by atoms with Crippen LogP contribution in [-0.2, 0) is 0 Å². The van der Waals surface area contributed by atoms with Crippen molar-refractivity contribution in [1.29, 1.82) is 0 Å². The van der Waals surface area contributed by atoms with Crippen LogP contribution in [0.5, 0.6) is 11.5 Å². The van der Waals surface area contributed by atoms with Gasteiger partial charge in [0.15, 0.2) is 22.5 Å². The zero-order valence-corrected chi connectivity index (χ0v) is 19.5. The van der Waals surface area contributed by atoms with Crippen molar-refractivity contribution in [1.82, 2.24) is 9.97 Å². The van der Waals surface area contributed by atoms with Gasteiger partial charge in [-0.3, -0.25) is 0 Å². The third kappa shape index (κ3) is 5.18. The summed E-state index contributed by atoms with van der Waals surface area (Å²) in [5, 5.41) is 4.16. The van der Waals surface area contributed by atoms with Crippen molar-refractivity contribution in [2.75, 3.05) is 5.32 Å². The lowest BCUT2D eigenvalue weighted by Crippen LogP contribution is -2.11. The van der Waals surface area contributed by atoms with Crippen LogP contribution in [0.25, 0.3) is 0 Å². The topological polar surface area (TPSA) is 47.0 Å². The number of nitrogens with zero attached hydrogens (tertiary/aromatic N) is 2. The minimum Gasteiger partial charge on any atom is -0.451 e. The highest BCUT2D eigenvalue weighted by Crippen LogP contribution is 2.45. The quantitative estimate of drug-likeness (QED) is 0.393. The van der Waals surface area contributed by atoms with Crippen LogP contribution >= 0.6 is 11.3 Å². The number of nitrogens with one attached hydrogen (secondary N) is 1. The molecule has 4 nitrogen and oxygen atoms in total. The minimum atomic E-state index is -0.740. The third-order valence-electron chi connectivity index (χ3n) is 6.75. The van der Waals surface area contributed by atoms with Crippen LogP contribution in [0.3, 0.4) is 0 Å². The lowest BCUT2D eigenvalue weighted by Gasteiger charge is -2.25. The fraction of sp³-hybridized carbons (Fsp3) is 0.462. The Hall–Kier alpha value is -2.54. The SMILES string of the molecule is Fc1cccc(F)c1Oc1ccnc(Nc2nc(C3CCCCC3)c(C3CCCCC3)s2)c1. The van der Waals surface area contributed by atoms with E-state index in [1.54, 1.807) is 29.7 Å². The molecule has 2 aliphatic carbocycles. The first kappa shape index (κ1) is 22.3. The van der Waals surface area contributed by atoms with E-state index >= 15 is 0 Å². The zero-order chi connectivity index (χ0) is 22.6. The first-order valence-corrected chi connectivity index (χ1v) is 12.8. The van der Waals surface area contributed by atoms with E-state index in [1.807, 2.05) is 0 Å². The van der Waals surface area contributed by atoms with E-state index in [1.165, 1.54) is 93.0 Å². The predicted molar refractivity (Wildman–Crippen MR) is 128 cm³/mol. The molecule has 7 heteroatoms. The zero-order valence-electron chi connectivity index (χ0n) is 18.7. The second kappa shape index (κ2) is 10.2. The largest absolute Gasteiger partial charge is 0.451 e. The van der Waals surface area contributed by atoms with E-state index in [0.717, 1.165) is 5.13 Å². The van der Waals surface area contributed by atoms with Crippen molar-refractivity contribution in [2.45, 2.75) is 76.0 Å². The maximum atomic E-state index is 14.0. The fourth-order valence-corrected chi connectivity index (χ4v) is 6.30. The van der Waals surface area contributed by atoms with Crippen LogP contribution in [-0.4, -0.2) is 9.97 Å². The van der Waals surface area contributed by atoms with Crippen LogP contribution in [0.2, 0.25) is 0 Å². The number of rotatable bonds is 6. The van der Waals surface area contributed by atoms with E-state index < -0.39 is 17.4 Å². The van der Waals surface area contributed by atoms with Crippen LogP contribution in [0.15, 0.2) is 36.5 Å². The van der Waals surface area contributed by atoms with Gasteiger partial charge in [0.25, 0.3) is 0 Å². The number of benzene rings is 1. The molecule has 33 heavy (non-hydrogen) atoms. The summed E-state index contributed by atoms with van der Waals surface area (Å²) in [5.74, 6) is 0.120. The first-order valence-electron chi connectivity index (χ1n) is 12.0. The van der Waals surface area contributed by atoms with Crippen LogP contribution < -0.4 is 10.1 Å². The van der Waals surface area contributed by atoms with Gasteiger partial charge in [0.05, 0.1) is 5.69 Å². The monoisotopic (exact) mass is 469 g/mol. The van der Waals surface area contributed by atoms with Gasteiger partial charge in [-0.2, -0.15) is 0 Å². The Bertz CT molecular complexity index is 1040. The molecule has 5 rings (SSSR count). The average molecular weight is 470 g/mol. The van der Waals surface area contributed by atoms with Gasteiger partial charge in [-0.05, 0) is 49.8 Å². The summed E-state index contributed by atoms with van der Waals surface area (Å²) in [6, 6.07) is 6.89. The van der Waals surface area contributed by atoms with Crippen LogP contribution in [0.1, 0.15) is 86.6 Å². The van der Waals surface area contributed by atoms with Crippen LogP contribution in [0.4, 0.5) is 19.7 Å². The molecule has 0 atom stereocenters. The Kier molecular flexibility index (Phi) is 6.85. The second-order valence-electron chi connectivity index (χ2n) is 9.09. The van der Waals surface area contributed by atoms with Gasteiger partial charge in [0, 0.05) is 23.1 Å². The fourth-order valence-electron chi connectivity index (χ4n) is 5.07. The number of para-hydroxylation sites is 1. The molecule has 2 fully saturated rings. The summed E-state index contributed by atoms with van der Waals surface area (Å²) in [7, 11) is 0. The van der Waals surface area contributed by atoms with E-state index in [4.69, 9.17) is 9.72 Å². The summed E-state index contributed by atoms with van der Waals surface area (Å²) in [5.41, 5.74) is 1.29. The normalized spacial score (nSPS) is 17.8. The molecule has 2 heterocycles. The number of hydrogen-bond donors (Lipinski definition) is 1. The van der Waals surface area contributed by atoms with Crippen molar-refractivity contribution in [2.24, 2.45) is 0 Å². The Balaban J connectivity index is 1.38. The number of anilines is 2. The summed E-state index contributed by atoms with van der Waals surface area (Å²) in [6.45, 7) is 0. The lowest BCUT2D eigenvalue weighted by atomic mass is 9.82. The van der Waals surface area contributed by atoms with Crippen molar-refractivity contribution < 1.29 is 13.5 Å². The number of hydrogen-bond acceptors (Lipinski definition) is 5. The first-order chi connectivity index (χ1) is 16.2. The molecule has 2 aliphatic rings. The molecule has 2 saturated carbocycles. The van der Waals surface area contributed by atoms with E-state index in [-0.39, 0.29) is 0 Å². The molecule has 0 bridgehead atoms. The molecule has 2 aromatic heterocycles. The van der Waals surface area contributed by atoms with Crippen molar-refractivity contribution >= 4 is 22.3 Å². The molecule has 0 amide bonds. The second-order valence-corrected chi connectivity index (χ2v) is 10.1. The highest BCUT2D eigenvalue weighted by atomic mass is 32.1. The van der Waals surface area contributed by atoms with E-state index in [0.29, 0.717) is 23.4 Å². The van der Waals surface area contributed by atoms with Crippen LogP contribution in [0, 0.1) is 11.6 Å². The van der Waals surface area contributed by atoms with Crippen molar-refractivity contribution in [3.8, 4) is 11.5 Å². The van der Waals surface area contributed by atoms with Gasteiger partial charge in [0.1, 0.15) is 11.6 Å². The number of ether oxygens (including phenoxy) is 1. The Morgan fingerprint density at radius 2 is 1.55 bits per heavy atom. The molecular formula is C26H29F2N3OS. The molecular weight excluding hydrogens is 440 g/mol. The molecule has 0 unspecified atom stereocenters. The predicted octanol–water partition coefficient (Wildman–Crippen LogP) is 8.45. The maximum absolute atomic E-state index is 14.0. The van der Waals surface area contributed by atoms with Gasteiger partial charge < -0.3 is 10.1 Å². The number of thiazole rings is 1. The highest BCUT2D eigenvalue weighted by molar-refractivity contribution is 7.15. The van der Waals surface area contributed by atoms with E-state index in [9.17, 15) is 8.78 Å². The van der Waals surface area contributed by atoms with Gasteiger partial charge in [-0.1, -0.05) is 44.6 Å². The lowest BCUT2D eigenvalue weighted by molar-refractivity contribution is 0.407. The molecule has 0 spiro atoms. The van der Waals surface area contributed by atoms with Gasteiger partial charge in [-0.15, -0.1) is 11.3 Å². The van der Waals surface area contributed by atoms with Crippen molar-refractivity contribution in [3.05, 3.63) is 58.7 Å². The Morgan fingerprint density at radius 1 is 0.879 bits per heavy atom. The molecule has 3 aromatic rings. The highest BCUT2D eigenvalue weighted by Gasteiger charge is 2.28. The molecule has 1 aromatic carbocycles. The van der Waals surface area contributed by atoms with Gasteiger partial charge >= 0.3 is 0 Å². The standard InChI is InChI=1S/C26H29F2N3OS/c27-20-12-7-13-21(28)24(20)32-19-14-15-29-22(16-19)30-26-31-23(17-8-3-1-4-9-17)25(33-26)18-10-5-2-6-11-18/h7,12-18H,1-6,8-11H2,(H,29,30,31). The number of aromatic nitrogens is 2. The summed E-state index contributed by atoms with van der Waals surface area (Å²) in [4.78, 5) is 10.9. The van der Waals surface area contributed by atoms with Crippen molar-refractivity contribution in [3.63, 3.8) is 0 Å². The smallest absolute Gasteiger partial charge is 0.198 e. The maximum Gasteiger partial charge on any atom is 0.198 e. The summed E-state index contributed by atoms with van der Waals surface area (Å²) < 4.78 is 33.4. The molecule has 0 saturated heterocycles. The number of halogens is 2. The third-order valence-corrected chi connectivity index (χ3v) is 7.90. The Labute approximate surface area is 197 Å². The number of pyridine rings is 1. The minimum absolute atomic E-state index is 0.313. The van der Waals surface area contributed by atoms with E-state index in [2.05, 4.69) is 10.3 Å². The molecule has 0 aliphatic heterocycles. The molecule has 0 radical (unpaired) electrons. The summed E-state index contributed by atoms with van der Waals surface area (Å²) in [6.07, 6.45) is 14.3. The van der Waals surface area contributed by atoms with Gasteiger partial charge in [0.2, 0.25) is 0 Å². The summed E-state index contributed by atoms with van der Waals surface area (Å²) >= 11 is 1.75. The average Bonchev–Trinajstić information content (AvgIpc) is 3.27.